The van der Waals surface area contributed by atoms with Crippen molar-refractivity contribution in [2.75, 3.05) is 5.43 Å². The van der Waals surface area contributed by atoms with Gasteiger partial charge in [0.25, 0.3) is 0 Å². The van der Waals surface area contributed by atoms with E-state index in [0.29, 0.717) is 5.95 Å². The summed E-state index contributed by atoms with van der Waals surface area (Å²) in [4.78, 5) is 8.58. The Balaban J connectivity index is 2.18. The van der Waals surface area contributed by atoms with Crippen molar-refractivity contribution < 1.29 is 0 Å². The Labute approximate surface area is 120 Å². The van der Waals surface area contributed by atoms with Gasteiger partial charge in [-0.2, -0.15) is 5.10 Å². The highest BCUT2D eigenvalue weighted by Crippen LogP contribution is 2.14. The van der Waals surface area contributed by atoms with Gasteiger partial charge in [-0.25, -0.2) is 15.4 Å². The van der Waals surface area contributed by atoms with Crippen molar-refractivity contribution >= 4 is 12.2 Å². The number of benzene rings is 1. The van der Waals surface area contributed by atoms with Crippen LogP contribution >= 0.6 is 0 Å². The number of nitrogens with zero attached hydrogens (tertiary/aromatic N) is 3. The second-order valence-electron chi connectivity index (χ2n) is 5.16. The van der Waals surface area contributed by atoms with Gasteiger partial charge in [-0.05, 0) is 51.8 Å². The summed E-state index contributed by atoms with van der Waals surface area (Å²) in [6.45, 7) is 10.2. The van der Waals surface area contributed by atoms with Crippen molar-refractivity contribution in [2.45, 2.75) is 34.6 Å². The van der Waals surface area contributed by atoms with Crippen LogP contribution in [0.3, 0.4) is 0 Å². The van der Waals surface area contributed by atoms with E-state index in [1.165, 1.54) is 16.7 Å². The first kappa shape index (κ1) is 14.2. The molecule has 20 heavy (non-hydrogen) atoms. The summed E-state index contributed by atoms with van der Waals surface area (Å²) < 4.78 is 0. The minimum atomic E-state index is 0.529. The zero-order valence-corrected chi connectivity index (χ0v) is 12.7. The van der Waals surface area contributed by atoms with E-state index in [-0.39, 0.29) is 0 Å². The summed E-state index contributed by atoms with van der Waals surface area (Å²) in [6, 6.07) is 6.24. The summed E-state index contributed by atoms with van der Waals surface area (Å²) in [5, 5.41) is 4.25. The number of hydrogen-bond acceptors (Lipinski definition) is 4. The third-order valence-electron chi connectivity index (χ3n) is 3.08. The molecule has 0 aliphatic heterocycles. The monoisotopic (exact) mass is 268 g/mol. The Hall–Kier alpha value is -2.23. The molecule has 0 spiro atoms. The van der Waals surface area contributed by atoms with Crippen LogP contribution in [0.2, 0.25) is 0 Å². The van der Waals surface area contributed by atoms with E-state index < -0.39 is 0 Å². The third kappa shape index (κ3) is 3.41. The van der Waals surface area contributed by atoms with Gasteiger partial charge in [0.05, 0.1) is 6.21 Å². The van der Waals surface area contributed by atoms with Gasteiger partial charge in [-0.3, -0.25) is 0 Å². The smallest absolute Gasteiger partial charge is 0.243 e. The number of hydrazone groups is 1. The maximum atomic E-state index is 4.29. The van der Waals surface area contributed by atoms with Gasteiger partial charge >= 0.3 is 0 Å². The molecular weight excluding hydrogens is 248 g/mol. The lowest BCUT2D eigenvalue weighted by atomic mass is 10.0. The predicted octanol–water partition coefficient (Wildman–Crippen LogP) is 3.46. The number of rotatable bonds is 3. The van der Waals surface area contributed by atoms with Gasteiger partial charge in [-0.15, -0.1) is 0 Å². The molecule has 1 aromatic carbocycles. The number of aryl methyl sites for hydroxylation is 5. The summed E-state index contributed by atoms with van der Waals surface area (Å²) >= 11 is 0. The molecule has 0 atom stereocenters. The van der Waals surface area contributed by atoms with E-state index in [1.54, 1.807) is 0 Å². The molecule has 0 saturated heterocycles. The quantitative estimate of drug-likeness (QED) is 0.685. The molecule has 0 bridgehead atoms. The molecule has 0 aliphatic carbocycles. The van der Waals surface area contributed by atoms with E-state index in [9.17, 15) is 0 Å². The van der Waals surface area contributed by atoms with Gasteiger partial charge in [-0.1, -0.05) is 17.7 Å². The Kier molecular flexibility index (Phi) is 4.13. The molecule has 1 N–H and O–H groups in total. The molecule has 0 unspecified atom stereocenters. The fraction of sp³-hybridized carbons (Fsp3) is 0.312. The molecule has 104 valence electrons. The van der Waals surface area contributed by atoms with Gasteiger partial charge in [0.2, 0.25) is 5.95 Å². The van der Waals surface area contributed by atoms with Crippen LogP contribution in [-0.4, -0.2) is 16.2 Å². The summed E-state index contributed by atoms with van der Waals surface area (Å²) in [6.07, 6.45) is 1.82. The summed E-state index contributed by atoms with van der Waals surface area (Å²) in [7, 11) is 0. The number of nitrogens with one attached hydrogen (secondary N) is 1. The van der Waals surface area contributed by atoms with Crippen molar-refractivity contribution in [1.82, 2.24) is 9.97 Å². The lowest BCUT2D eigenvalue weighted by Crippen LogP contribution is -2.01. The van der Waals surface area contributed by atoms with E-state index in [0.717, 1.165) is 17.0 Å². The van der Waals surface area contributed by atoms with Crippen LogP contribution in [0.25, 0.3) is 0 Å². The van der Waals surface area contributed by atoms with Crippen molar-refractivity contribution in [3.05, 3.63) is 51.8 Å². The van der Waals surface area contributed by atoms with Gasteiger partial charge in [0.1, 0.15) is 0 Å². The van der Waals surface area contributed by atoms with Crippen molar-refractivity contribution in [3.63, 3.8) is 0 Å². The first-order valence-electron chi connectivity index (χ1n) is 6.65. The fourth-order valence-electron chi connectivity index (χ4n) is 2.33. The van der Waals surface area contributed by atoms with E-state index in [2.05, 4.69) is 53.4 Å². The lowest BCUT2D eigenvalue weighted by molar-refractivity contribution is 1.03. The van der Waals surface area contributed by atoms with Crippen molar-refractivity contribution in [2.24, 2.45) is 5.10 Å². The molecule has 0 aliphatic rings. The third-order valence-corrected chi connectivity index (χ3v) is 3.08. The highest BCUT2D eigenvalue weighted by Gasteiger charge is 2.01. The Morgan fingerprint density at radius 1 is 0.900 bits per heavy atom. The zero-order chi connectivity index (χ0) is 14.7. The maximum absolute atomic E-state index is 4.29. The topological polar surface area (TPSA) is 50.2 Å². The van der Waals surface area contributed by atoms with Crippen molar-refractivity contribution in [3.8, 4) is 0 Å². The van der Waals surface area contributed by atoms with Crippen molar-refractivity contribution in [1.29, 1.82) is 0 Å². The van der Waals surface area contributed by atoms with Crippen LogP contribution in [0.15, 0.2) is 23.3 Å². The molecule has 0 fully saturated rings. The first-order valence-corrected chi connectivity index (χ1v) is 6.65. The van der Waals surface area contributed by atoms with Crippen LogP contribution in [0.1, 0.15) is 33.6 Å². The molecule has 0 amide bonds. The summed E-state index contributed by atoms with van der Waals surface area (Å²) in [5.74, 6) is 0.529. The van der Waals surface area contributed by atoms with Crippen LogP contribution in [-0.2, 0) is 0 Å². The van der Waals surface area contributed by atoms with E-state index >= 15 is 0 Å². The molecular formula is C16H20N4. The summed E-state index contributed by atoms with van der Waals surface area (Å²) in [5.41, 5.74) is 9.58. The normalized spacial score (nSPS) is 11.1. The molecule has 1 aromatic heterocycles. The van der Waals surface area contributed by atoms with Gasteiger partial charge in [0.15, 0.2) is 0 Å². The van der Waals surface area contributed by atoms with Gasteiger partial charge in [0, 0.05) is 17.0 Å². The molecule has 0 radical (unpaired) electrons. The minimum absolute atomic E-state index is 0.529. The minimum Gasteiger partial charge on any atom is -0.245 e. The maximum Gasteiger partial charge on any atom is 0.243 e. The van der Waals surface area contributed by atoms with E-state index in [4.69, 9.17) is 0 Å². The largest absolute Gasteiger partial charge is 0.245 e. The van der Waals surface area contributed by atoms with E-state index in [1.807, 2.05) is 26.1 Å². The second kappa shape index (κ2) is 5.82. The highest BCUT2D eigenvalue weighted by molar-refractivity contribution is 5.84. The van der Waals surface area contributed by atoms with Crippen LogP contribution in [0.5, 0.6) is 0 Å². The number of hydrogen-bond donors (Lipinski definition) is 1. The molecule has 0 saturated carbocycles. The molecule has 4 nitrogen and oxygen atoms in total. The van der Waals surface area contributed by atoms with Crippen LogP contribution in [0, 0.1) is 34.6 Å². The SMILES string of the molecule is Cc1cc(C)c(/C=N\Nc2nc(C)cc(C)n2)c(C)c1. The zero-order valence-electron chi connectivity index (χ0n) is 12.7. The first-order chi connectivity index (χ1) is 9.45. The predicted molar refractivity (Wildman–Crippen MR) is 83.4 cm³/mol. The molecule has 4 heteroatoms. The van der Waals surface area contributed by atoms with Crippen LogP contribution < -0.4 is 5.43 Å². The molecule has 2 aromatic rings. The Morgan fingerprint density at radius 2 is 1.45 bits per heavy atom. The lowest BCUT2D eigenvalue weighted by Gasteiger charge is -2.06. The Morgan fingerprint density at radius 3 is 2.00 bits per heavy atom. The Bertz CT molecular complexity index is 616. The number of aromatic nitrogens is 2. The second-order valence-corrected chi connectivity index (χ2v) is 5.16. The highest BCUT2D eigenvalue weighted by atomic mass is 15.3. The van der Waals surface area contributed by atoms with Crippen LogP contribution in [0.4, 0.5) is 5.95 Å². The average Bonchev–Trinajstić information content (AvgIpc) is 2.31. The fourth-order valence-corrected chi connectivity index (χ4v) is 2.33. The molecule has 2 rings (SSSR count). The average molecular weight is 268 g/mol. The standard InChI is InChI=1S/C16H20N4/c1-10-6-11(2)15(12(3)7-10)9-17-20-16-18-13(4)8-14(5)19-16/h6-9H,1-5H3,(H,18,19,20)/b17-9-. The van der Waals surface area contributed by atoms with Gasteiger partial charge < -0.3 is 0 Å². The molecule has 1 heterocycles. The number of anilines is 1.